The lowest BCUT2D eigenvalue weighted by molar-refractivity contribution is -0.137. The largest absolute Gasteiger partial charge is 0.481 e. The molecule has 0 spiro atoms. The number of carboxylic acid groups (broad SMARTS) is 1. The Bertz CT molecular complexity index is 434. The van der Waals surface area contributed by atoms with Gasteiger partial charge in [-0.15, -0.1) is 0 Å². The van der Waals surface area contributed by atoms with E-state index in [0.717, 1.165) is 18.5 Å². The van der Waals surface area contributed by atoms with Crippen molar-refractivity contribution in [1.82, 2.24) is 5.32 Å². The standard InChI is InChI=1S/C16H24N2O3/c1-2-13(8-9-16(20)21)10-11-17-15(19)12-18-14-6-4-3-5-7-14/h3-7,13,18H,2,8-12H2,1H3,(H,17,19)(H,20,21). The summed E-state index contributed by atoms with van der Waals surface area (Å²) in [5, 5.41) is 14.6. The van der Waals surface area contributed by atoms with Gasteiger partial charge >= 0.3 is 5.97 Å². The van der Waals surface area contributed by atoms with Gasteiger partial charge in [0.25, 0.3) is 0 Å². The van der Waals surface area contributed by atoms with Gasteiger partial charge in [0, 0.05) is 18.7 Å². The molecule has 0 radical (unpaired) electrons. The number of nitrogens with one attached hydrogen (secondary N) is 2. The first-order valence-corrected chi connectivity index (χ1v) is 7.39. The highest BCUT2D eigenvalue weighted by Gasteiger charge is 2.09. The number of hydrogen-bond acceptors (Lipinski definition) is 3. The molecule has 116 valence electrons. The molecule has 1 aromatic rings. The molecule has 5 heteroatoms. The van der Waals surface area contributed by atoms with Crippen molar-refractivity contribution in [3.05, 3.63) is 30.3 Å². The van der Waals surface area contributed by atoms with Crippen molar-refractivity contribution in [2.24, 2.45) is 5.92 Å². The molecule has 0 aliphatic carbocycles. The van der Waals surface area contributed by atoms with Crippen LogP contribution in [-0.2, 0) is 9.59 Å². The number of para-hydroxylation sites is 1. The minimum Gasteiger partial charge on any atom is -0.481 e. The summed E-state index contributed by atoms with van der Waals surface area (Å²) in [5.41, 5.74) is 0.917. The number of anilines is 1. The molecular formula is C16H24N2O3. The third-order valence-corrected chi connectivity index (χ3v) is 3.45. The second kappa shape index (κ2) is 9.80. The average Bonchev–Trinajstić information content (AvgIpc) is 2.49. The van der Waals surface area contributed by atoms with Crippen LogP contribution < -0.4 is 10.6 Å². The van der Waals surface area contributed by atoms with E-state index < -0.39 is 5.97 Å². The topological polar surface area (TPSA) is 78.4 Å². The first-order chi connectivity index (χ1) is 10.1. The van der Waals surface area contributed by atoms with Crippen molar-refractivity contribution in [2.75, 3.05) is 18.4 Å². The first-order valence-electron chi connectivity index (χ1n) is 7.39. The molecule has 3 N–H and O–H groups in total. The van der Waals surface area contributed by atoms with Gasteiger partial charge < -0.3 is 15.7 Å². The number of carbonyl (C=O) groups excluding carboxylic acids is 1. The predicted molar refractivity (Wildman–Crippen MR) is 83.2 cm³/mol. The van der Waals surface area contributed by atoms with Crippen LogP contribution in [0.1, 0.15) is 32.6 Å². The van der Waals surface area contributed by atoms with E-state index in [1.54, 1.807) is 0 Å². The molecule has 1 unspecified atom stereocenters. The van der Waals surface area contributed by atoms with Gasteiger partial charge in [-0.05, 0) is 30.9 Å². The van der Waals surface area contributed by atoms with Crippen LogP contribution in [0.2, 0.25) is 0 Å². The Hall–Kier alpha value is -2.04. The Balaban J connectivity index is 2.16. The Morgan fingerprint density at radius 2 is 1.90 bits per heavy atom. The number of carbonyl (C=O) groups is 2. The molecule has 0 aromatic heterocycles. The van der Waals surface area contributed by atoms with E-state index in [4.69, 9.17) is 5.11 Å². The van der Waals surface area contributed by atoms with Crippen LogP contribution in [-0.4, -0.2) is 30.1 Å². The van der Waals surface area contributed by atoms with Crippen molar-refractivity contribution in [1.29, 1.82) is 0 Å². The van der Waals surface area contributed by atoms with Gasteiger partial charge in [-0.3, -0.25) is 9.59 Å². The third kappa shape index (κ3) is 7.97. The maximum atomic E-state index is 11.7. The molecule has 1 aromatic carbocycles. The van der Waals surface area contributed by atoms with Crippen LogP contribution in [0, 0.1) is 5.92 Å². The van der Waals surface area contributed by atoms with E-state index >= 15 is 0 Å². The summed E-state index contributed by atoms with van der Waals surface area (Å²) in [6.45, 7) is 2.88. The van der Waals surface area contributed by atoms with E-state index in [9.17, 15) is 9.59 Å². The van der Waals surface area contributed by atoms with Crippen LogP contribution in [0.5, 0.6) is 0 Å². The van der Waals surface area contributed by atoms with Crippen LogP contribution in [0.15, 0.2) is 30.3 Å². The van der Waals surface area contributed by atoms with Crippen LogP contribution >= 0.6 is 0 Å². The number of amides is 1. The smallest absolute Gasteiger partial charge is 0.303 e. The number of rotatable bonds is 10. The van der Waals surface area contributed by atoms with E-state index in [2.05, 4.69) is 10.6 Å². The van der Waals surface area contributed by atoms with E-state index in [1.165, 1.54) is 0 Å². The number of hydrogen-bond donors (Lipinski definition) is 3. The Labute approximate surface area is 125 Å². The summed E-state index contributed by atoms with van der Waals surface area (Å²) in [6, 6.07) is 9.56. The predicted octanol–water partition coefficient (Wildman–Crippen LogP) is 2.50. The van der Waals surface area contributed by atoms with Gasteiger partial charge in [-0.2, -0.15) is 0 Å². The maximum absolute atomic E-state index is 11.7. The monoisotopic (exact) mass is 292 g/mol. The van der Waals surface area contributed by atoms with Crippen LogP contribution in [0.4, 0.5) is 5.69 Å². The van der Waals surface area contributed by atoms with Crippen molar-refractivity contribution in [2.45, 2.75) is 32.6 Å². The lowest BCUT2D eigenvalue weighted by Crippen LogP contribution is -2.31. The van der Waals surface area contributed by atoms with Gasteiger partial charge in [0.1, 0.15) is 0 Å². The summed E-state index contributed by atoms with van der Waals surface area (Å²) in [7, 11) is 0. The molecule has 5 nitrogen and oxygen atoms in total. The molecular weight excluding hydrogens is 268 g/mol. The number of carboxylic acids is 1. The quantitative estimate of drug-likeness (QED) is 0.619. The fraction of sp³-hybridized carbons (Fsp3) is 0.500. The third-order valence-electron chi connectivity index (χ3n) is 3.45. The lowest BCUT2D eigenvalue weighted by Gasteiger charge is -2.14. The van der Waals surface area contributed by atoms with Gasteiger partial charge in [0.15, 0.2) is 0 Å². The highest BCUT2D eigenvalue weighted by atomic mass is 16.4. The number of benzene rings is 1. The highest BCUT2D eigenvalue weighted by molar-refractivity contribution is 5.80. The molecule has 0 saturated carbocycles. The van der Waals surface area contributed by atoms with Crippen molar-refractivity contribution in [3.63, 3.8) is 0 Å². The van der Waals surface area contributed by atoms with Crippen LogP contribution in [0.3, 0.4) is 0 Å². The second-order valence-electron chi connectivity index (χ2n) is 5.06. The molecule has 0 aliphatic rings. The van der Waals surface area contributed by atoms with E-state index in [1.807, 2.05) is 37.3 Å². The molecule has 0 fully saturated rings. The summed E-state index contributed by atoms with van der Waals surface area (Å²) in [6.07, 6.45) is 2.62. The second-order valence-corrected chi connectivity index (χ2v) is 5.06. The first kappa shape index (κ1) is 17.0. The molecule has 0 aliphatic heterocycles. The van der Waals surface area contributed by atoms with Crippen LogP contribution in [0.25, 0.3) is 0 Å². The normalized spacial score (nSPS) is 11.7. The molecule has 21 heavy (non-hydrogen) atoms. The van der Waals surface area contributed by atoms with Gasteiger partial charge in [0.2, 0.25) is 5.91 Å². The van der Waals surface area contributed by atoms with Crippen molar-refractivity contribution < 1.29 is 14.7 Å². The lowest BCUT2D eigenvalue weighted by atomic mass is 9.97. The SMILES string of the molecule is CCC(CCNC(=O)CNc1ccccc1)CCC(=O)O. The minimum absolute atomic E-state index is 0.0491. The summed E-state index contributed by atoms with van der Waals surface area (Å²) in [5.74, 6) is -0.458. The molecule has 0 heterocycles. The Kier molecular flexibility index (Phi) is 7.94. The molecule has 1 rings (SSSR count). The zero-order chi connectivity index (χ0) is 15.5. The zero-order valence-corrected chi connectivity index (χ0v) is 12.5. The molecule has 1 amide bonds. The van der Waals surface area contributed by atoms with Crippen molar-refractivity contribution in [3.8, 4) is 0 Å². The Morgan fingerprint density at radius 1 is 1.19 bits per heavy atom. The van der Waals surface area contributed by atoms with E-state index in [-0.39, 0.29) is 18.9 Å². The van der Waals surface area contributed by atoms with Crippen molar-refractivity contribution >= 4 is 17.6 Å². The fourth-order valence-corrected chi connectivity index (χ4v) is 2.10. The fourth-order valence-electron chi connectivity index (χ4n) is 2.10. The molecule has 0 saturated heterocycles. The minimum atomic E-state index is -0.760. The highest BCUT2D eigenvalue weighted by Crippen LogP contribution is 2.14. The Morgan fingerprint density at radius 3 is 2.52 bits per heavy atom. The number of aliphatic carboxylic acids is 1. The average molecular weight is 292 g/mol. The maximum Gasteiger partial charge on any atom is 0.303 e. The summed E-state index contributed by atoms with van der Waals surface area (Å²) in [4.78, 5) is 22.2. The zero-order valence-electron chi connectivity index (χ0n) is 12.5. The van der Waals surface area contributed by atoms with Gasteiger partial charge in [-0.25, -0.2) is 0 Å². The summed E-state index contributed by atoms with van der Waals surface area (Å²) < 4.78 is 0. The molecule has 0 bridgehead atoms. The van der Waals surface area contributed by atoms with Gasteiger partial charge in [0.05, 0.1) is 6.54 Å². The van der Waals surface area contributed by atoms with Gasteiger partial charge in [-0.1, -0.05) is 31.5 Å². The summed E-state index contributed by atoms with van der Waals surface area (Å²) >= 11 is 0. The van der Waals surface area contributed by atoms with E-state index in [0.29, 0.717) is 18.9 Å². The molecule has 1 atom stereocenters.